The lowest BCUT2D eigenvalue weighted by atomic mass is 9.49. The van der Waals surface area contributed by atoms with Crippen molar-refractivity contribution in [1.29, 1.82) is 0 Å². The molecule has 4 bridgehead atoms. The number of hydrogen-bond donors (Lipinski definition) is 1. The molecule has 0 atom stereocenters. The molecule has 132 valence electrons. The Balaban J connectivity index is 1.33. The number of amides is 1. The Morgan fingerprint density at radius 1 is 1.16 bits per heavy atom. The number of aryl methyl sites for hydroxylation is 2. The summed E-state index contributed by atoms with van der Waals surface area (Å²) in [6.45, 7) is 4.20. The number of thiazole rings is 1. The van der Waals surface area contributed by atoms with Crippen LogP contribution in [-0.4, -0.2) is 10.9 Å². The minimum Gasteiger partial charge on any atom is -0.302 e. The van der Waals surface area contributed by atoms with Crippen molar-refractivity contribution < 1.29 is 4.79 Å². The summed E-state index contributed by atoms with van der Waals surface area (Å²) in [5, 5.41) is 3.88. The van der Waals surface area contributed by atoms with Crippen molar-refractivity contribution in [3.05, 3.63) is 23.3 Å². The van der Waals surface area contributed by atoms with Crippen molar-refractivity contribution in [1.82, 2.24) is 4.98 Å². The van der Waals surface area contributed by atoms with Crippen molar-refractivity contribution in [3.63, 3.8) is 0 Å². The quantitative estimate of drug-likeness (QED) is 0.795. The third-order valence-electron chi connectivity index (χ3n) is 6.78. The first kappa shape index (κ1) is 15.8. The SMILES string of the molecule is Cc1cc(C)c2nc(NC(=O)CC34CC5CC(CC(C5)C3)C4)sc2c1. The fraction of sp³-hybridized carbons (Fsp3) is 0.619. The van der Waals surface area contributed by atoms with E-state index in [4.69, 9.17) is 0 Å². The van der Waals surface area contributed by atoms with Gasteiger partial charge in [-0.3, -0.25) is 4.79 Å². The third kappa shape index (κ3) is 2.79. The molecule has 6 rings (SSSR count). The number of carbonyl (C=O) groups excluding carboxylic acids is 1. The number of hydrogen-bond acceptors (Lipinski definition) is 3. The first-order chi connectivity index (χ1) is 12.0. The Bertz CT molecular complexity index is 818. The minimum absolute atomic E-state index is 0.176. The maximum atomic E-state index is 12.8. The van der Waals surface area contributed by atoms with Crippen LogP contribution in [0.25, 0.3) is 10.2 Å². The zero-order valence-corrected chi connectivity index (χ0v) is 15.9. The van der Waals surface area contributed by atoms with Gasteiger partial charge in [-0.25, -0.2) is 4.98 Å². The summed E-state index contributed by atoms with van der Waals surface area (Å²) in [6.07, 6.45) is 8.83. The van der Waals surface area contributed by atoms with Crippen LogP contribution in [0.4, 0.5) is 5.13 Å². The van der Waals surface area contributed by atoms with E-state index < -0.39 is 0 Å². The maximum absolute atomic E-state index is 12.8. The molecule has 1 aromatic carbocycles. The number of benzene rings is 1. The third-order valence-corrected chi connectivity index (χ3v) is 7.69. The molecule has 3 nitrogen and oxygen atoms in total. The second-order valence-corrected chi connectivity index (χ2v) is 10.1. The molecule has 0 radical (unpaired) electrons. The lowest BCUT2D eigenvalue weighted by Gasteiger charge is -2.56. The van der Waals surface area contributed by atoms with E-state index in [0.717, 1.165) is 28.4 Å². The zero-order valence-electron chi connectivity index (χ0n) is 15.1. The molecular formula is C21H26N2OS. The van der Waals surface area contributed by atoms with Crippen molar-refractivity contribution >= 4 is 32.6 Å². The largest absolute Gasteiger partial charge is 0.302 e. The van der Waals surface area contributed by atoms with E-state index in [1.807, 2.05) is 0 Å². The van der Waals surface area contributed by atoms with Crippen LogP contribution in [0, 0.1) is 37.0 Å². The fourth-order valence-electron chi connectivity index (χ4n) is 6.43. The fourth-order valence-corrected chi connectivity index (χ4v) is 7.49. The lowest BCUT2D eigenvalue weighted by Crippen LogP contribution is -2.47. The van der Waals surface area contributed by atoms with Crippen molar-refractivity contribution in [2.75, 3.05) is 5.32 Å². The predicted octanol–water partition coefficient (Wildman–Crippen LogP) is 5.46. The van der Waals surface area contributed by atoms with E-state index in [0.29, 0.717) is 11.8 Å². The molecule has 4 heteroatoms. The topological polar surface area (TPSA) is 42.0 Å². The summed E-state index contributed by atoms with van der Waals surface area (Å²) >= 11 is 1.60. The van der Waals surface area contributed by atoms with Gasteiger partial charge in [0, 0.05) is 6.42 Å². The molecule has 4 saturated carbocycles. The normalized spacial score (nSPS) is 33.1. The van der Waals surface area contributed by atoms with Gasteiger partial charge in [0.05, 0.1) is 10.2 Å². The summed E-state index contributed by atoms with van der Waals surface area (Å²) < 4.78 is 1.17. The van der Waals surface area contributed by atoms with Crippen LogP contribution < -0.4 is 5.32 Å². The van der Waals surface area contributed by atoms with E-state index in [1.165, 1.54) is 54.4 Å². The van der Waals surface area contributed by atoms with Gasteiger partial charge in [0.25, 0.3) is 0 Å². The molecule has 1 heterocycles. The van der Waals surface area contributed by atoms with Crippen LogP contribution in [0.5, 0.6) is 0 Å². The van der Waals surface area contributed by atoms with Gasteiger partial charge in [0.1, 0.15) is 0 Å². The first-order valence-electron chi connectivity index (χ1n) is 9.66. The molecule has 0 spiro atoms. The molecule has 1 N–H and O–H groups in total. The highest BCUT2D eigenvalue weighted by Crippen LogP contribution is 2.61. The Kier molecular flexibility index (Phi) is 3.50. The molecule has 1 amide bonds. The first-order valence-corrected chi connectivity index (χ1v) is 10.5. The highest BCUT2D eigenvalue weighted by Gasteiger charge is 2.51. The van der Waals surface area contributed by atoms with Gasteiger partial charge in [0.2, 0.25) is 5.91 Å². The van der Waals surface area contributed by atoms with Crippen LogP contribution in [0.3, 0.4) is 0 Å². The van der Waals surface area contributed by atoms with E-state index in [1.54, 1.807) is 11.3 Å². The molecule has 4 aliphatic carbocycles. The lowest BCUT2D eigenvalue weighted by molar-refractivity contribution is -0.124. The highest BCUT2D eigenvalue weighted by atomic mass is 32.1. The van der Waals surface area contributed by atoms with Crippen molar-refractivity contribution in [2.45, 2.75) is 58.8 Å². The standard InChI is InChI=1S/C21H26N2OS/c1-12-3-13(2)19-17(4-12)25-20(23-19)22-18(24)11-21-8-14-5-15(9-21)7-16(6-14)10-21/h3-4,14-16H,5-11H2,1-2H3,(H,22,23,24). The number of fused-ring (bicyclic) bond motifs is 1. The van der Waals surface area contributed by atoms with Crippen molar-refractivity contribution in [3.8, 4) is 0 Å². The molecule has 0 saturated heterocycles. The molecule has 0 unspecified atom stereocenters. The van der Waals surface area contributed by atoms with Gasteiger partial charge in [-0.15, -0.1) is 0 Å². The molecular weight excluding hydrogens is 328 g/mol. The van der Waals surface area contributed by atoms with Crippen LogP contribution >= 0.6 is 11.3 Å². The maximum Gasteiger partial charge on any atom is 0.226 e. The van der Waals surface area contributed by atoms with Gasteiger partial charge < -0.3 is 5.32 Å². The number of nitrogens with one attached hydrogen (secondary N) is 1. The highest BCUT2D eigenvalue weighted by molar-refractivity contribution is 7.22. The molecule has 4 aliphatic rings. The second kappa shape index (κ2) is 5.54. The van der Waals surface area contributed by atoms with E-state index in [9.17, 15) is 4.79 Å². The average molecular weight is 355 g/mol. The summed E-state index contributed by atoms with van der Waals surface area (Å²) in [7, 11) is 0. The van der Waals surface area contributed by atoms with E-state index in [-0.39, 0.29) is 5.91 Å². The smallest absolute Gasteiger partial charge is 0.226 e. The zero-order chi connectivity index (χ0) is 17.2. The number of carbonyl (C=O) groups is 1. The number of nitrogens with zero attached hydrogens (tertiary/aromatic N) is 1. The summed E-state index contributed by atoms with van der Waals surface area (Å²) in [5.41, 5.74) is 3.76. The second-order valence-electron chi connectivity index (χ2n) is 9.09. The summed E-state index contributed by atoms with van der Waals surface area (Å²) in [6, 6.07) is 4.32. The van der Waals surface area contributed by atoms with Crippen LogP contribution in [0.15, 0.2) is 12.1 Å². The Hall–Kier alpha value is -1.42. The van der Waals surface area contributed by atoms with Gasteiger partial charge in [-0.1, -0.05) is 17.4 Å². The van der Waals surface area contributed by atoms with E-state index >= 15 is 0 Å². The molecule has 0 aliphatic heterocycles. The van der Waals surface area contributed by atoms with Crippen LogP contribution in [-0.2, 0) is 4.79 Å². The Morgan fingerprint density at radius 2 is 1.80 bits per heavy atom. The van der Waals surface area contributed by atoms with Crippen molar-refractivity contribution in [2.24, 2.45) is 23.2 Å². The number of anilines is 1. The van der Waals surface area contributed by atoms with Gasteiger partial charge >= 0.3 is 0 Å². The van der Waals surface area contributed by atoms with Gasteiger partial charge in [-0.2, -0.15) is 0 Å². The number of aromatic nitrogens is 1. The number of rotatable bonds is 3. The molecule has 2 aromatic rings. The Labute approximate surface area is 153 Å². The minimum atomic E-state index is 0.176. The van der Waals surface area contributed by atoms with Crippen LogP contribution in [0.2, 0.25) is 0 Å². The van der Waals surface area contributed by atoms with Crippen LogP contribution in [0.1, 0.15) is 56.1 Å². The van der Waals surface area contributed by atoms with Gasteiger partial charge in [-0.05, 0) is 92.7 Å². The Morgan fingerprint density at radius 3 is 2.44 bits per heavy atom. The summed E-state index contributed by atoms with van der Waals surface area (Å²) in [4.78, 5) is 17.5. The molecule has 4 fully saturated rings. The molecule has 1 aromatic heterocycles. The monoisotopic (exact) mass is 354 g/mol. The molecule has 25 heavy (non-hydrogen) atoms. The van der Waals surface area contributed by atoms with Gasteiger partial charge in [0.15, 0.2) is 5.13 Å². The predicted molar refractivity (Wildman–Crippen MR) is 103 cm³/mol. The summed E-state index contributed by atoms with van der Waals surface area (Å²) in [5.74, 6) is 2.86. The van der Waals surface area contributed by atoms with E-state index in [2.05, 4.69) is 36.3 Å². The average Bonchev–Trinajstić information content (AvgIpc) is 2.87.